The highest BCUT2D eigenvalue weighted by atomic mass is 19.1. The number of benzene rings is 1. The Kier molecular flexibility index (Phi) is 3.20. The Balaban J connectivity index is 2.77. The summed E-state index contributed by atoms with van der Waals surface area (Å²) in [6.45, 7) is 0. The first-order valence-electron chi connectivity index (χ1n) is 5.19. The monoisotopic (exact) mass is 269 g/mol. The Hall–Kier alpha value is -2.44. The molecule has 19 heavy (non-hydrogen) atoms. The van der Waals surface area contributed by atoms with Crippen molar-refractivity contribution in [2.75, 3.05) is 18.6 Å². The lowest BCUT2D eigenvalue weighted by atomic mass is 10.0. The van der Waals surface area contributed by atoms with Crippen LogP contribution in [-0.4, -0.2) is 12.1 Å². The van der Waals surface area contributed by atoms with Crippen molar-refractivity contribution in [3.8, 4) is 17.0 Å². The van der Waals surface area contributed by atoms with Crippen LogP contribution in [0.4, 0.5) is 24.7 Å². The minimum Gasteiger partial charge on any atom is -0.479 e. The first kappa shape index (κ1) is 13.0. The van der Waals surface area contributed by atoms with Crippen molar-refractivity contribution < 1.29 is 17.9 Å². The van der Waals surface area contributed by atoms with Crippen LogP contribution in [0, 0.1) is 17.5 Å². The standard InChI is InChI=1S/C12H10F3N3O/c1-19-12-9(15)8(10(16)11(17)18-12)5-2-6(13)4-7(14)3-5/h2-4H,16H2,1H3,(H2,17,18). The molecule has 7 heteroatoms. The van der Waals surface area contributed by atoms with E-state index in [9.17, 15) is 13.2 Å². The SMILES string of the molecule is COc1nc(N)c(N)c(-c2cc(F)cc(F)c2)c1F. The molecule has 0 aliphatic heterocycles. The van der Waals surface area contributed by atoms with Gasteiger partial charge in [0, 0.05) is 6.07 Å². The number of nitrogen functional groups attached to an aromatic ring is 2. The van der Waals surface area contributed by atoms with E-state index >= 15 is 0 Å². The number of hydrogen-bond donors (Lipinski definition) is 2. The molecule has 2 aromatic rings. The number of aromatic nitrogens is 1. The first-order chi connectivity index (χ1) is 8.93. The van der Waals surface area contributed by atoms with Gasteiger partial charge in [-0.05, 0) is 17.7 Å². The summed E-state index contributed by atoms with van der Waals surface area (Å²) >= 11 is 0. The van der Waals surface area contributed by atoms with E-state index < -0.39 is 23.3 Å². The zero-order valence-electron chi connectivity index (χ0n) is 9.88. The number of rotatable bonds is 2. The number of nitrogens with two attached hydrogens (primary N) is 2. The van der Waals surface area contributed by atoms with E-state index in [0.717, 1.165) is 12.1 Å². The Bertz CT molecular complexity index is 626. The molecule has 2 rings (SSSR count). The molecule has 0 radical (unpaired) electrons. The molecule has 1 heterocycles. The maximum atomic E-state index is 14.1. The highest BCUT2D eigenvalue weighted by Crippen LogP contribution is 2.36. The smallest absolute Gasteiger partial charge is 0.252 e. The molecule has 0 fully saturated rings. The van der Waals surface area contributed by atoms with Gasteiger partial charge in [-0.25, -0.2) is 13.2 Å². The Morgan fingerprint density at radius 2 is 1.63 bits per heavy atom. The van der Waals surface area contributed by atoms with Crippen molar-refractivity contribution >= 4 is 11.5 Å². The zero-order chi connectivity index (χ0) is 14.2. The molecule has 1 aromatic carbocycles. The molecule has 0 unspecified atom stereocenters. The molecule has 100 valence electrons. The van der Waals surface area contributed by atoms with E-state index in [4.69, 9.17) is 16.2 Å². The molecule has 0 atom stereocenters. The second kappa shape index (κ2) is 4.68. The number of halogens is 3. The summed E-state index contributed by atoms with van der Waals surface area (Å²) in [5, 5.41) is 0. The average molecular weight is 269 g/mol. The molecular weight excluding hydrogens is 259 g/mol. The fraction of sp³-hybridized carbons (Fsp3) is 0.0833. The second-order valence-electron chi connectivity index (χ2n) is 3.77. The van der Waals surface area contributed by atoms with Crippen LogP contribution < -0.4 is 16.2 Å². The average Bonchev–Trinajstić information content (AvgIpc) is 2.33. The summed E-state index contributed by atoms with van der Waals surface area (Å²) in [5.41, 5.74) is 10.6. The fourth-order valence-corrected chi connectivity index (χ4v) is 1.69. The molecule has 0 aliphatic carbocycles. The highest BCUT2D eigenvalue weighted by Gasteiger charge is 2.20. The minimum atomic E-state index is -0.931. The molecule has 0 amide bonds. The third-order valence-corrected chi connectivity index (χ3v) is 2.52. The van der Waals surface area contributed by atoms with Gasteiger partial charge in [0.25, 0.3) is 5.88 Å². The number of pyridine rings is 1. The molecule has 0 saturated carbocycles. The Labute approximate surface area is 106 Å². The Morgan fingerprint density at radius 1 is 1.05 bits per heavy atom. The second-order valence-corrected chi connectivity index (χ2v) is 3.77. The lowest BCUT2D eigenvalue weighted by molar-refractivity contribution is 0.371. The number of hydrogen-bond acceptors (Lipinski definition) is 4. The van der Waals surface area contributed by atoms with Crippen molar-refractivity contribution in [3.05, 3.63) is 35.7 Å². The quantitative estimate of drug-likeness (QED) is 0.877. The van der Waals surface area contributed by atoms with Gasteiger partial charge < -0.3 is 16.2 Å². The highest BCUT2D eigenvalue weighted by molar-refractivity contribution is 5.84. The van der Waals surface area contributed by atoms with Gasteiger partial charge in [-0.15, -0.1) is 0 Å². The van der Waals surface area contributed by atoms with Gasteiger partial charge in [0.1, 0.15) is 11.6 Å². The normalized spacial score (nSPS) is 10.5. The summed E-state index contributed by atoms with van der Waals surface area (Å²) in [7, 11) is 1.19. The largest absolute Gasteiger partial charge is 0.479 e. The lowest BCUT2D eigenvalue weighted by Crippen LogP contribution is -2.06. The van der Waals surface area contributed by atoms with Crippen LogP contribution in [0.2, 0.25) is 0 Å². The van der Waals surface area contributed by atoms with E-state index in [-0.39, 0.29) is 22.6 Å². The van der Waals surface area contributed by atoms with E-state index in [1.165, 1.54) is 7.11 Å². The molecule has 4 N–H and O–H groups in total. The predicted molar refractivity (Wildman–Crippen MR) is 64.9 cm³/mol. The van der Waals surface area contributed by atoms with Crippen LogP contribution in [0.15, 0.2) is 18.2 Å². The maximum Gasteiger partial charge on any atom is 0.252 e. The summed E-state index contributed by atoms with van der Waals surface area (Å²) in [5.74, 6) is -3.23. The molecule has 0 bridgehead atoms. The van der Waals surface area contributed by atoms with Gasteiger partial charge in [0.2, 0.25) is 0 Å². The van der Waals surface area contributed by atoms with Gasteiger partial charge in [-0.1, -0.05) is 0 Å². The number of ether oxygens (including phenoxy) is 1. The van der Waals surface area contributed by atoms with E-state index in [1.54, 1.807) is 0 Å². The van der Waals surface area contributed by atoms with Crippen LogP contribution in [-0.2, 0) is 0 Å². The van der Waals surface area contributed by atoms with Crippen molar-refractivity contribution in [1.29, 1.82) is 0 Å². The van der Waals surface area contributed by atoms with E-state index in [0.29, 0.717) is 6.07 Å². The molecule has 1 aromatic heterocycles. The molecule has 0 spiro atoms. The maximum absolute atomic E-state index is 14.1. The summed E-state index contributed by atoms with van der Waals surface area (Å²) in [6.07, 6.45) is 0. The van der Waals surface area contributed by atoms with Gasteiger partial charge in [-0.2, -0.15) is 4.98 Å². The minimum absolute atomic E-state index is 0.0834. The number of nitrogens with zero attached hydrogens (tertiary/aromatic N) is 1. The van der Waals surface area contributed by atoms with E-state index in [2.05, 4.69) is 4.98 Å². The summed E-state index contributed by atoms with van der Waals surface area (Å²) in [6, 6.07) is 2.55. The zero-order valence-corrected chi connectivity index (χ0v) is 9.88. The summed E-state index contributed by atoms with van der Waals surface area (Å²) in [4.78, 5) is 3.59. The molecule has 4 nitrogen and oxygen atoms in total. The topological polar surface area (TPSA) is 74.2 Å². The van der Waals surface area contributed by atoms with Gasteiger partial charge in [-0.3, -0.25) is 0 Å². The van der Waals surface area contributed by atoms with Crippen molar-refractivity contribution in [1.82, 2.24) is 4.98 Å². The van der Waals surface area contributed by atoms with Crippen molar-refractivity contribution in [2.45, 2.75) is 0 Å². The van der Waals surface area contributed by atoms with E-state index in [1.807, 2.05) is 0 Å². The van der Waals surface area contributed by atoms with Gasteiger partial charge >= 0.3 is 0 Å². The van der Waals surface area contributed by atoms with Crippen molar-refractivity contribution in [3.63, 3.8) is 0 Å². The molecule has 0 aliphatic rings. The van der Waals surface area contributed by atoms with Crippen molar-refractivity contribution in [2.24, 2.45) is 0 Å². The first-order valence-corrected chi connectivity index (χ1v) is 5.19. The Morgan fingerprint density at radius 3 is 2.16 bits per heavy atom. The summed E-state index contributed by atoms with van der Waals surface area (Å²) < 4.78 is 45.1. The van der Waals surface area contributed by atoms with Crippen LogP contribution in [0.3, 0.4) is 0 Å². The third kappa shape index (κ3) is 2.26. The molecular formula is C12H10F3N3O. The van der Waals surface area contributed by atoms with Gasteiger partial charge in [0.15, 0.2) is 11.6 Å². The predicted octanol–water partition coefficient (Wildman–Crippen LogP) is 2.34. The van der Waals surface area contributed by atoms with Crippen LogP contribution in [0.25, 0.3) is 11.1 Å². The van der Waals surface area contributed by atoms with Crippen LogP contribution in [0.1, 0.15) is 0 Å². The molecule has 0 saturated heterocycles. The van der Waals surface area contributed by atoms with Gasteiger partial charge in [0.05, 0.1) is 18.4 Å². The fourth-order valence-electron chi connectivity index (χ4n) is 1.69. The third-order valence-electron chi connectivity index (χ3n) is 2.52. The van der Waals surface area contributed by atoms with Crippen LogP contribution in [0.5, 0.6) is 5.88 Å². The lowest BCUT2D eigenvalue weighted by Gasteiger charge is -2.12. The van der Waals surface area contributed by atoms with Crippen LogP contribution >= 0.6 is 0 Å². The number of anilines is 2. The number of methoxy groups -OCH3 is 1.